The van der Waals surface area contributed by atoms with Crippen LogP contribution >= 0.6 is 0 Å². The van der Waals surface area contributed by atoms with Crippen LogP contribution in [0.3, 0.4) is 0 Å². The van der Waals surface area contributed by atoms with E-state index in [1.807, 2.05) is 30.3 Å². The van der Waals surface area contributed by atoms with Crippen molar-refractivity contribution >= 4 is 23.2 Å². The number of nitro groups is 1. The lowest BCUT2D eigenvalue weighted by Gasteiger charge is -2.08. The van der Waals surface area contributed by atoms with Gasteiger partial charge in [0, 0.05) is 12.6 Å². The SMILES string of the molecule is CC(=O)/C=C/c1ccc(NCc2ccccc2)c([N+](=O)[O-])c1. The van der Waals surface area contributed by atoms with Crippen LogP contribution in [0.25, 0.3) is 6.08 Å². The third-order valence-corrected chi connectivity index (χ3v) is 3.05. The van der Waals surface area contributed by atoms with Crippen LogP contribution in [0.2, 0.25) is 0 Å². The largest absolute Gasteiger partial charge is 0.375 e. The second kappa shape index (κ2) is 7.17. The average Bonchev–Trinajstić information content (AvgIpc) is 2.52. The van der Waals surface area contributed by atoms with E-state index in [0.29, 0.717) is 17.8 Å². The molecule has 0 spiro atoms. The van der Waals surface area contributed by atoms with Crippen molar-refractivity contribution < 1.29 is 9.72 Å². The van der Waals surface area contributed by atoms with Gasteiger partial charge in [0.2, 0.25) is 0 Å². The Hall–Kier alpha value is -2.95. The third kappa shape index (κ3) is 4.28. The van der Waals surface area contributed by atoms with Crippen molar-refractivity contribution in [3.8, 4) is 0 Å². The van der Waals surface area contributed by atoms with E-state index in [1.165, 1.54) is 19.1 Å². The highest BCUT2D eigenvalue weighted by atomic mass is 16.6. The molecule has 2 aromatic carbocycles. The molecular formula is C17H16N2O3. The molecule has 0 heterocycles. The van der Waals surface area contributed by atoms with Crippen molar-refractivity contribution in [3.63, 3.8) is 0 Å². The summed E-state index contributed by atoms with van der Waals surface area (Å²) in [5.74, 6) is -0.103. The Morgan fingerprint density at radius 1 is 1.23 bits per heavy atom. The van der Waals surface area contributed by atoms with Crippen molar-refractivity contribution in [2.75, 3.05) is 5.32 Å². The number of carbonyl (C=O) groups excluding carboxylic acids is 1. The van der Waals surface area contributed by atoms with Gasteiger partial charge in [-0.05, 0) is 30.2 Å². The fourth-order valence-corrected chi connectivity index (χ4v) is 1.96. The molecule has 0 atom stereocenters. The first kappa shape index (κ1) is 15.4. The van der Waals surface area contributed by atoms with Crippen LogP contribution in [-0.2, 0) is 11.3 Å². The molecule has 0 saturated carbocycles. The minimum absolute atomic E-state index is 0.0124. The summed E-state index contributed by atoms with van der Waals surface area (Å²) in [5, 5.41) is 14.3. The summed E-state index contributed by atoms with van der Waals surface area (Å²) in [6.45, 7) is 1.94. The fraction of sp³-hybridized carbons (Fsp3) is 0.118. The monoisotopic (exact) mass is 296 g/mol. The second-order valence-corrected chi connectivity index (χ2v) is 4.82. The molecule has 2 rings (SSSR count). The molecule has 1 N–H and O–H groups in total. The minimum Gasteiger partial charge on any atom is -0.375 e. The normalized spacial score (nSPS) is 10.6. The van der Waals surface area contributed by atoms with Gasteiger partial charge >= 0.3 is 0 Å². The van der Waals surface area contributed by atoms with Gasteiger partial charge in [-0.1, -0.05) is 42.5 Å². The number of nitrogens with zero attached hydrogens (tertiary/aromatic N) is 1. The highest BCUT2D eigenvalue weighted by molar-refractivity contribution is 5.91. The summed E-state index contributed by atoms with van der Waals surface area (Å²) >= 11 is 0. The van der Waals surface area contributed by atoms with Crippen molar-refractivity contribution in [1.82, 2.24) is 0 Å². The molecule has 0 fully saturated rings. The smallest absolute Gasteiger partial charge is 0.292 e. The zero-order chi connectivity index (χ0) is 15.9. The molecule has 0 saturated heterocycles. The van der Waals surface area contributed by atoms with Crippen molar-refractivity contribution in [2.24, 2.45) is 0 Å². The first-order valence-corrected chi connectivity index (χ1v) is 6.81. The lowest BCUT2D eigenvalue weighted by Crippen LogP contribution is -2.02. The number of allylic oxidation sites excluding steroid dienone is 1. The number of nitro benzene ring substituents is 1. The number of carbonyl (C=O) groups is 1. The zero-order valence-corrected chi connectivity index (χ0v) is 12.2. The Balaban J connectivity index is 2.20. The Labute approximate surface area is 128 Å². The molecule has 5 heteroatoms. The molecule has 0 radical (unpaired) electrons. The van der Waals surface area contributed by atoms with E-state index in [0.717, 1.165) is 5.56 Å². The quantitative estimate of drug-likeness (QED) is 0.500. The summed E-state index contributed by atoms with van der Waals surface area (Å²) in [6.07, 6.45) is 2.95. The molecule has 22 heavy (non-hydrogen) atoms. The maximum atomic E-state index is 11.2. The van der Waals surface area contributed by atoms with E-state index >= 15 is 0 Å². The third-order valence-electron chi connectivity index (χ3n) is 3.05. The van der Waals surface area contributed by atoms with Gasteiger partial charge < -0.3 is 5.32 Å². The van der Waals surface area contributed by atoms with Crippen molar-refractivity contribution in [1.29, 1.82) is 0 Å². The van der Waals surface area contributed by atoms with Gasteiger partial charge in [-0.3, -0.25) is 14.9 Å². The van der Waals surface area contributed by atoms with Crippen LogP contribution in [0.1, 0.15) is 18.1 Å². The van der Waals surface area contributed by atoms with Crippen molar-refractivity contribution in [2.45, 2.75) is 13.5 Å². The highest BCUT2D eigenvalue weighted by Gasteiger charge is 2.13. The number of hydrogen-bond acceptors (Lipinski definition) is 4. The first-order chi connectivity index (χ1) is 10.6. The Morgan fingerprint density at radius 2 is 1.95 bits per heavy atom. The number of nitrogens with one attached hydrogen (secondary N) is 1. The van der Waals surface area contributed by atoms with Gasteiger partial charge in [0.25, 0.3) is 5.69 Å². The predicted octanol–water partition coefficient (Wildman–Crippen LogP) is 3.81. The van der Waals surface area contributed by atoms with Crippen LogP contribution < -0.4 is 5.32 Å². The van der Waals surface area contributed by atoms with Crippen LogP contribution in [-0.4, -0.2) is 10.7 Å². The summed E-state index contributed by atoms with van der Waals surface area (Å²) in [5.41, 5.74) is 2.10. The highest BCUT2D eigenvalue weighted by Crippen LogP contribution is 2.26. The van der Waals surface area contributed by atoms with E-state index < -0.39 is 4.92 Å². The van der Waals surface area contributed by atoms with Gasteiger partial charge in [-0.25, -0.2) is 0 Å². The molecule has 2 aromatic rings. The standard InChI is InChI=1S/C17H16N2O3/c1-13(20)7-8-14-9-10-16(17(11-14)19(21)22)18-12-15-5-3-2-4-6-15/h2-11,18H,12H2,1H3/b8-7+. The van der Waals surface area contributed by atoms with Gasteiger partial charge in [0.1, 0.15) is 5.69 Å². The lowest BCUT2D eigenvalue weighted by molar-refractivity contribution is -0.384. The second-order valence-electron chi connectivity index (χ2n) is 4.82. The molecular weight excluding hydrogens is 280 g/mol. The van der Waals surface area contributed by atoms with Crippen LogP contribution in [0, 0.1) is 10.1 Å². The first-order valence-electron chi connectivity index (χ1n) is 6.81. The van der Waals surface area contributed by atoms with Crippen LogP contribution in [0.15, 0.2) is 54.6 Å². The number of hydrogen-bond donors (Lipinski definition) is 1. The number of rotatable bonds is 6. The van der Waals surface area contributed by atoms with Gasteiger partial charge in [0.15, 0.2) is 5.78 Å². The summed E-state index contributed by atoms with van der Waals surface area (Å²) < 4.78 is 0. The molecule has 0 aliphatic heterocycles. The topological polar surface area (TPSA) is 72.2 Å². The molecule has 0 unspecified atom stereocenters. The Kier molecular flexibility index (Phi) is 5.03. The number of ketones is 1. The predicted molar refractivity (Wildman–Crippen MR) is 86.6 cm³/mol. The van der Waals surface area contributed by atoms with Crippen LogP contribution in [0.4, 0.5) is 11.4 Å². The molecule has 0 aromatic heterocycles. The van der Waals surface area contributed by atoms with Gasteiger partial charge in [-0.15, -0.1) is 0 Å². The fourth-order valence-electron chi connectivity index (χ4n) is 1.96. The molecule has 0 aliphatic carbocycles. The number of anilines is 1. The minimum atomic E-state index is -0.432. The molecule has 5 nitrogen and oxygen atoms in total. The Morgan fingerprint density at radius 3 is 2.59 bits per heavy atom. The molecule has 112 valence electrons. The average molecular weight is 296 g/mol. The van der Waals surface area contributed by atoms with E-state index in [9.17, 15) is 14.9 Å². The van der Waals surface area contributed by atoms with Crippen LogP contribution in [0.5, 0.6) is 0 Å². The number of benzene rings is 2. The molecule has 0 amide bonds. The van der Waals surface area contributed by atoms with E-state index in [4.69, 9.17) is 0 Å². The molecule has 0 bridgehead atoms. The maximum absolute atomic E-state index is 11.2. The van der Waals surface area contributed by atoms with E-state index in [2.05, 4.69) is 5.32 Å². The van der Waals surface area contributed by atoms with E-state index in [-0.39, 0.29) is 11.5 Å². The Bertz CT molecular complexity index is 709. The van der Waals surface area contributed by atoms with Gasteiger partial charge in [-0.2, -0.15) is 0 Å². The van der Waals surface area contributed by atoms with Crippen molar-refractivity contribution in [3.05, 3.63) is 75.8 Å². The zero-order valence-electron chi connectivity index (χ0n) is 12.2. The maximum Gasteiger partial charge on any atom is 0.292 e. The summed E-state index contributed by atoms with van der Waals surface area (Å²) in [6, 6.07) is 14.5. The molecule has 0 aliphatic rings. The van der Waals surface area contributed by atoms with Gasteiger partial charge in [0.05, 0.1) is 4.92 Å². The summed E-state index contributed by atoms with van der Waals surface area (Å²) in [7, 11) is 0. The summed E-state index contributed by atoms with van der Waals surface area (Å²) in [4.78, 5) is 21.7. The lowest BCUT2D eigenvalue weighted by atomic mass is 10.1. The van der Waals surface area contributed by atoms with E-state index in [1.54, 1.807) is 18.2 Å².